The van der Waals surface area contributed by atoms with Gasteiger partial charge in [0, 0.05) is 6.20 Å². The number of aliphatic imine (C=N–C) groups is 1. The largest absolute Gasteiger partial charge is 0.332 e. The van der Waals surface area contributed by atoms with Gasteiger partial charge in [0.05, 0.1) is 16.8 Å². The zero-order valence-electron chi connectivity index (χ0n) is 11.1. The summed E-state index contributed by atoms with van der Waals surface area (Å²) in [5, 5.41) is 1.32. The summed E-state index contributed by atoms with van der Waals surface area (Å²) in [7, 11) is -3.73. The molecule has 0 saturated heterocycles. The molecular formula is C13H13ClN4O2S. The zero-order chi connectivity index (χ0) is 15.3. The molecule has 3 N–H and O–H groups in total. The lowest BCUT2D eigenvalue weighted by Gasteiger charge is -2.23. The van der Waals surface area contributed by atoms with Crippen LogP contribution < -0.4 is 11.1 Å². The van der Waals surface area contributed by atoms with Gasteiger partial charge in [0.1, 0.15) is 5.82 Å². The van der Waals surface area contributed by atoms with Crippen molar-refractivity contribution in [3.63, 3.8) is 0 Å². The Kier molecular flexibility index (Phi) is 3.09. The SMILES string of the molecule is Cc1ccc(S(=O)(=O)n2ccc3c2NC=NC3(N)Cl)cc1. The second kappa shape index (κ2) is 4.59. The Labute approximate surface area is 127 Å². The molecule has 1 aliphatic heterocycles. The fourth-order valence-electron chi connectivity index (χ4n) is 2.12. The van der Waals surface area contributed by atoms with E-state index in [1.165, 1.54) is 18.6 Å². The van der Waals surface area contributed by atoms with E-state index in [4.69, 9.17) is 17.3 Å². The van der Waals surface area contributed by atoms with Crippen LogP contribution in [-0.2, 0) is 15.1 Å². The minimum Gasteiger partial charge on any atom is -0.332 e. The number of nitrogens with zero attached hydrogens (tertiary/aromatic N) is 2. The summed E-state index contributed by atoms with van der Waals surface area (Å²) in [6.45, 7) is 1.89. The van der Waals surface area contributed by atoms with E-state index in [0.29, 0.717) is 11.4 Å². The van der Waals surface area contributed by atoms with Gasteiger partial charge < -0.3 is 5.32 Å². The van der Waals surface area contributed by atoms with E-state index in [1.807, 2.05) is 6.92 Å². The van der Waals surface area contributed by atoms with Crippen molar-refractivity contribution in [1.82, 2.24) is 3.97 Å². The molecule has 0 amide bonds. The van der Waals surface area contributed by atoms with Crippen molar-refractivity contribution in [1.29, 1.82) is 0 Å². The first-order valence-corrected chi connectivity index (χ1v) is 7.96. The first-order valence-electron chi connectivity index (χ1n) is 6.14. The smallest absolute Gasteiger partial charge is 0.269 e. The molecule has 0 radical (unpaired) electrons. The van der Waals surface area contributed by atoms with Crippen LogP contribution in [0.2, 0.25) is 0 Å². The number of benzene rings is 1. The Morgan fingerprint density at radius 1 is 1.29 bits per heavy atom. The van der Waals surface area contributed by atoms with Gasteiger partial charge in [-0.1, -0.05) is 29.3 Å². The van der Waals surface area contributed by atoms with Crippen molar-refractivity contribution in [2.24, 2.45) is 10.7 Å². The van der Waals surface area contributed by atoms with E-state index >= 15 is 0 Å². The number of hydrogen-bond donors (Lipinski definition) is 2. The number of aromatic nitrogens is 1. The Bertz CT molecular complexity index is 822. The Morgan fingerprint density at radius 3 is 2.62 bits per heavy atom. The molecule has 0 aliphatic carbocycles. The van der Waals surface area contributed by atoms with E-state index in [0.717, 1.165) is 9.54 Å². The minimum absolute atomic E-state index is 0.188. The predicted molar refractivity (Wildman–Crippen MR) is 82.0 cm³/mol. The number of halogens is 1. The van der Waals surface area contributed by atoms with Crippen molar-refractivity contribution < 1.29 is 8.42 Å². The van der Waals surface area contributed by atoms with Gasteiger partial charge in [-0.25, -0.2) is 17.4 Å². The van der Waals surface area contributed by atoms with Crippen LogP contribution in [0.15, 0.2) is 46.4 Å². The Morgan fingerprint density at radius 2 is 1.95 bits per heavy atom. The number of aryl methyl sites for hydroxylation is 1. The van der Waals surface area contributed by atoms with Crippen molar-refractivity contribution in [3.8, 4) is 0 Å². The maximum Gasteiger partial charge on any atom is 0.269 e. The van der Waals surface area contributed by atoms with E-state index < -0.39 is 15.1 Å². The average Bonchev–Trinajstić information content (AvgIpc) is 2.85. The number of rotatable bonds is 2. The van der Waals surface area contributed by atoms with Crippen LogP contribution in [0.3, 0.4) is 0 Å². The van der Waals surface area contributed by atoms with Gasteiger partial charge in [-0.15, -0.1) is 0 Å². The second-order valence-corrected chi connectivity index (χ2v) is 7.16. The number of nitrogens with two attached hydrogens (primary N) is 1. The highest BCUT2D eigenvalue weighted by molar-refractivity contribution is 7.90. The highest BCUT2D eigenvalue weighted by Gasteiger charge is 2.33. The first kappa shape index (κ1) is 14.1. The molecule has 2 heterocycles. The van der Waals surface area contributed by atoms with Crippen LogP contribution in [0, 0.1) is 6.92 Å². The topological polar surface area (TPSA) is 89.5 Å². The normalized spacial score (nSPS) is 20.9. The molecule has 0 bridgehead atoms. The van der Waals surface area contributed by atoms with E-state index in [-0.39, 0.29) is 4.90 Å². The zero-order valence-corrected chi connectivity index (χ0v) is 12.7. The molecule has 1 aliphatic rings. The molecule has 1 unspecified atom stereocenters. The van der Waals surface area contributed by atoms with Gasteiger partial charge in [0.2, 0.25) is 5.12 Å². The fraction of sp³-hybridized carbons (Fsp3) is 0.154. The predicted octanol–water partition coefficient (Wildman–Crippen LogP) is 1.80. The summed E-state index contributed by atoms with van der Waals surface area (Å²) in [6.07, 6.45) is 2.70. The number of nitrogens with one attached hydrogen (secondary N) is 1. The molecule has 2 aromatic rings. The van der Waals surface area contributed by atoms with Gasteiger partial charge in [0.25, 0.3) is 10.0 Å². The van der Waals surface area contributed by atoms with Gasteiger partial charge in [-0.2, -0.15) is 0 Å². The van der Waals surface area contributed by atoms with Crippen molar-refractivity contribution in [2.75, 3.05) is 5.32 Å². The summed E-state index contributed by atoms with van der Waals surface area (Å²) >= 11 is 6.06. The minimum atomic E-state index is -3.73. The number of hydrogen-bond acceptors (Lipinski definition) is 5. The molecule has 0 spiro atoms. The van der Waals surface area contributed by atoms with Crippen LogP contribution in [-0.4, -0.2) is 18.7 Å². The van der Waals surface area contributed by atoms with Gasteiger partial charge in [-0.05, 0) is 25.1 Å². The van der Waals surface area contributed by atoms with Gasteiger partial charge in [0.15, 0.2) is 0 Å². The third kappa shape index (κ3) is 2.23. The van der Waals surface area contributed by atoms with E-state index in [2.05, 4.69) is 10.3 Å². The molecular weight excluding hydrogens is 312 g/mol. The molecule has 1 aromatic heterocycles. The van der Waals surface area contributed by atoms with Crippen LogP contribution in [0.1, 0.15) is 11.1 Å². The average molecular weight is 325 g/mol. The van der Waals surface area contributed by atoms with Crippen LogP contribution in [0.5, 0.6) is 0 Å². The third-order valence-corrected chi connectivity index (χ3v) is 5.25. The fourth-order valence-corrected chi connectivity index (χ4v) is 3.64. The lowest BCUT2D eigenvalue weighted by Crippen LogP contribution is -2.32. The molecule has 0 fully saturated rings. The molecule has 1 aromatic carbocycles. The van der Waals surface area contributed by atoms with Crippen LogP contribution in [0.25, 0.3) is 0 Å². The Hall–Kier alpha value is -1.83. The Balaban J connectivity index is 2.14. The highest BCUT2D eigenvalue weighted by atomic mass is 35.5. The molecule has 8 heteroatoms. The molecule has 3 rings (SSSR count). The number of anilines is 1. The molecule has 1 atom stereocenters. The monoisotopic (exact) mass is 324 g/mol. The molecule has 0 saturated carbocycles. The molecule has 6 nitrogen and oxygen atoms in total. The van der Waals surface area contributed by atoms with Crippen LogP contribution >= 0.6 is 11.6 Å². The quantitative estimate of drug-likeness (QED) is 0.651. The third-order valence-electron chi connectivity index (χ3n) is 3.26. The standard InChI is InChI=1S/C13H13ClN4O2S/c1-9-2-4-10(5-3-9)21(19,20)18-7-6-11-12(18)16-8-17-13(11,14)15/h2-8H,15H2,1H3,(H,16,17). The summed E-state index contributed by atoms with van der Waals surface area (Å²) in [5.74, 6) is 0.295. The summed E-state index contributed by atoms with van der Waals surface area (Å²) in [4.78, 5) is 4.07. The molecule has 21 heavy (non-hydrogen) atoms. The highest BCUT2D eigenvalue weighted by Crippen LogP contribution is 2.35. The van der Waals surface area contributed by atoms with Crippen molar-refractivity contribution in [3.05, 3.63) is 47.7 Å². The van der Waals surface area contributed by atoms with Crippen molar-refractivity contribution >= 4 is 33.8 Å². The summed E-state index contributed by atoms with van der Waals surface area (Å²) in [6, 6.07) is 8.14. The van der Waals surface area contributed by atoms with Crippen molar-refractivity contribution in [2.45, 2.75) is 16.9 Å². The van der Waals surface area contributed by atoms with Crippen LogP contribution in [0.4, 0.5) is 5.82 Å². The maximum absolute atomic E-state index is 12.7. The van der Waals surface area contributed by atoms with Gasteiger partial charge >= 0.3 is 0 Å². The summed E-state index contributed by atoms with van der Waals surface area (Å²) < 4.78 is 26.5. The number of alkyl halides is 1. The van der Waals surface area contributed by atoms with E-state index in [1.54, 1.807) is 24.3 Å². The lowest BCUT2D eigenvalue weighted by atomic mass is 10.2. The van der Waals surface area contributed by atoms with Gasteiger partial charge in [-0.3, -0.25) is 5.73 Å². The maximum atomic E-state index is 12.7. The molecule has 110 valence electrons. The first-order chi connectivity index (χ1) is 9.82. The second-order valence-electron chi connectivity index (χ2n) is 4.77. The summed E-state index contributed by atoms with van der Waals surface area (Å²) in [5.41, 5.74) is 7.21. The van der Waals surface area contributed by atoms with E-state index in [9.17, 15) is 8.42 Å². The lowest BCUT2D eigenvalue weighted by molar-refractivity contribution is 0.587. The number of fused-ring (bicyclic) bond motifs is 1.